The molecule has 86 valence electrons. The van der Waals surface area contributed by atoms with Crippen molar-refractivity contribution in [1.82, 2.24) is 0 Å². The van der Waals surface area contributed by atoms with Gasteiger partial charge in [0, 0.05) is 4.58 Å². The van der Waals surface area contributed by atoms with Gasteiger partial charge in [0.2, 0.25) is 0 Å². The molecule has 14 heavy (non-hydrogen) atoms. The Balaban J connectivity index is 3.47. The highest BCUT2D eigenvalue weighted by molar-refractivity contribution is 8.10. The van der Waals surface area contributed by atoms with Gasteiger partial charge < -0.3 is 0 Å². The van der Waals surface area contributed by atoms with Gasteiger partial charge in [-0.2, -0.15) is 12.6 Å². The third-order valence-electron chi connectivity index (χ3n) is 2.83. The Bertz CT molecular complexity index is 125. The summed E-state index contributed by atoms with van der Waals surface area (Å²) in [7, 11) is 0. The van der Waals surface area contributed by atoms with Crippen LogP contribution in [0.25, 0.3) is 0 Å². The number of rotatable bonds is 8. The van der Waals surface area contributed by atoms with Gasteiger partial charge in [-0.3, -0.25) is 0 Å². The molecule has 0 fully saturated rings. The lowest BCUT2D eigenvalue weighted by atomic mass is 10.1. The van der Waals surface area contributed by atoms with Crippen molar-refractivity contribution < 1.29 is 0 Å². The first-order valence-corrected chi connectivity index (χ1v) is 7.47. The topological polar surface area (TPSA) is 0 Å². The van der Waals surface area contributed by atoms with Crippen molar-refractivity contribution >= 4 is 24.4 Å². The molecule has 0 aromatic rings. The summed E-state index contributed by atoms with van der Waals surface area (Å²) in [5.41, 5.74) is 0. The van der Waals surface area contributed by atoms with Crippen molar-refractivity contribution in [1.29, 1.82) is 0 Å². The zero-order valence-electron chi connectivity index (χ0n) is 10.1. The van der Waals surface area contributed by atoms with E-state index in [1.165, 1.54) is 31.4 Å². The van der Waals surface area contributed by atoms with E-state index in [-0.39, 0.29) is 0 Å². The molecule has 2 heteroatoms. The van der Waals surface area contributed by atoms with E-state index in [4.69, 9.17) is 0 Å². The van der Waals surface area contributed by atoms with Crippen LogP contribution < -0.4 is 0 Å². The summed E-state index contributed by atoms with van der Waals surface area (Å²) in [4.78, 5) is 0. The van der Waals surface area contributed by atoms with Crippen molar-refractivity contribution in [2.24, 2.45) is 11.8 Å². The summed E-state index contributed by atoms with van der Waals surface area (Å²) in [6.45, 7) is 9.18. The molecule has 0 aliphatic heterocycles. The van der Waals surface area contributed by atoms with E-state index >= 15 is 0 Å². The van der Waals surface area contributed by atoms with Crippen LogP contribution in [0.4, 0.5) is 0 Å². The Labute approximate surface area is 100 Å². The predicted octanol–water partition coefficient (Wildman–Crippen LogP) is 4.85. The molecule has 0 N–H and O–H groups in total. The Morgan fingerprint density at radius 2 is 1.79 bits per heavy atom. The Hall–Kier alpha value is 0.700. The van der Waals surface area contributed by atoms with Crippen LogP contribution in [-0.4, -0.2) is 10.3 Å². The maximum Gasteiger partial charge on any atom is 0.0497 e. The van der Waals surface area contributed by atoms with Crippen LogP contribution in [0.3, 0.4) is 0 Å². The average molecular weight is 234 g/mol. The summed E-state index contributed by atoms with van der Waals surface area (Å²) in [6.07, 6.45) is 5.24. The number of hydrogen-bond acceptors (Lipinski definition) is 2. The molecule has 0 heterocycles. The lowest BCUT2D eigenvalue weighted by Gasteiger charge is -2.18. The number of thiol groups is 1. The molecular formula is C12H26S2. The van der Waals surface area contributed by atoms with Gasteiger partial charge >= 0.3 is 0 Å². The van der Waals surface area contributed by atoms with Crippen LogP contribution in [-0.2, 0) is 0 Å². The van der Waals surface area contributed by atoms with Crippen LogP contribution >= 0.6 is 24.4 Å². The molecule has 3 unspecified atom stereocenters. The minimum absolute atomic E-state index is 0.541. The smallest absolute Gasteiger partial charge is 0.0497 e. The maximum absolute atomic E-state index is 4.65. The van der Waals surface area contributed by atoms with Gasteiger partial charge in [-0.1, -0.05) is 40.5 Å². The van der Waals surface area contributed by atoms with Crippen molar-refractivity contribution in [2.75, 3.05) is 5.75 Å². The van der Waals surface area contributed by atoms with Crippen molar-refractivity contribution in [3.05, 3.63) is 0 Å². The zero-order chi connectivity index (χ0) is 11.0. The molecule has 0 radical (unpaired) electrons. The highest BCUT2D eigenvalue weighted by atomic mass is 32.2. The molecule has 0 nitrogen and oxygen atoms in total. The van der Waals surface area contributed by atoms with E-state index in [0.717, 1.165) is 11.8 Å². The fourth-order valence-corrected chi connectivity index (χ4v) is 3.07. The summed E-state index contributed by atoms with van der Waals surface area (Å²) in [5.74, 6) is 2.91. The minimum atomic E-state index is 0.541. The van der Waals surface area contributed by atoms with Crippen LogP contribution in [0.1, 0.15) is 53.4 Å². The third kappa shape index (κ3) is 7.05. The highest BCUT2D eigenvalue weighted by Crippen LogP contribution is 2.27. The monoisotopic (exact) mass is 234 g/mol. The molecule has 0 bridgehead atoms. The average Bonchev–Trinajstić information content (AvgIpc) is 2.17. The lowest BCUT2D eigenvalue weighted by Crippen LogP contribution is -2.08. The van der Waals surface area contributed by atoms with E-state index in [9.17, 15) is 0 Å². The van der Waals surface area contributed by atoms with Crippen LogP contribution in [0, 0.1) is 11.8 Å². The van der Waals surface area contributed by atoms with Gasteiger partial charge in [-0.15, -0.1) is 11.8 Å². The molecule has 3 atom stereocenters. The summed E-state index contributed by atoms with van der Waals surface area (Å²) in [6, 6.07) is 0. The molecule has 0 aromatic heterocycles. The molecule has 0 rings (SSSR count). The van der Waals surface area contributed by atoms with Crippen molar-refractivity contribution in [3.8, 4) is 0 Å². The second kappa shape index (κ2) is 8.96. The predicted molar refractivity (Wildman–Crippen MR) is 73.4 cm³/mol. The largest absolute Gasteiger partial charge is 0.165 e. The van der Waals surface area contributed by atoms with Crippen LogP contribution in [0.15, 0.2) is 0 Å². The fourth-order valence-electron chi connectivity index (χ4n) is 1.36. The first-order valence-electron chi connectivity index (χ1n) is 5.91. The molecule has 0 aliphatic carbocycles. The van der Waals surface area contributed by atoms with Gasteiger partial charge in [0.25, 0.3) is 0 Å². The highest BCUT2D eigenvalue weighted by Gasteiger charge is 2.12. The van der Waals surface area contributed by atoms with Gasteiger partial charge in [-0.25, -0.2) is 0 Å². The molecule has 0 aromatic carbocycles. The third-order valence-corrected chi connectivity index (χ3v) is 5.06. The standard InChI is InChI=1S/C12H26S2/c1-5-7-11(4)12(13)14-9-8-10(3)6-2/h10-13H,5-9H2,1-4H3. The molecule has 0 aliphatic rings. The quantitative estimate of drug-likeness (QED) is 0.463. The maximum atomic E-state index is 4.65. The van der Waals surface area contributed by atoms with Gasteiger partial charge in [0.05, 0.1) is 0 Å². The van der Waals surface area contributed by atoms with Gasteiger partial charge in [-0.05, 0) is 30.4 Å². The van der Waals surface area contributed by atoms with E-state index in [1.54, 1.807) is 0 Å². The number of thioether (sulfide) groups is 1. The van der Waals surface area contributed by atoms with Gasteiger partial charge in [0.15, 0.2) is 0 Å². The van der Waals surface area contributed by atoms with Crippen molar-refractivity contribution in [2.45, 2.75) is 58.0 Å². The first kappa shape index (κ1) is 14.7. The molecule has 0 saturated heterocycles. The second-order valence-electron chi connectivity index (χ2n) is 4.33. The Morgan fingerprint density at radius 1 is 1.14 bits per heavy atom. The zero-order valence-corrected chi connectivity index (χ0v) is 11.8. The summed E-state index contributed by atoms with van der Waals surface area (Å²) >= 11 is 6.69. The van der Waals surface area contributed by atoms with Crippen LogP contribution in [0.2, 0.25) is 0 Å². The first-order chi connectivity index (χ1) is 6.61. The van der Waals surface area contributed by atoms with Crippen molar-refractivity contribution in [3.63, 3.8) is 0 Å². The van der Waals surface area contributed by atoms with E-state index in [1.807, 2.05) is 11.8 Å². The normalized spacial score (nSPS) is 17.8. The summed E-state index contributed by atoms with van der Waals surface area (Å²) in [5, 5.41) is 0. The lowest BCUT2D eigenvalue weighted by molar-refractivity contribution is 0.545. The molecule has 0 spiro atoms. The molecular weight excluding hydrogens is 208 g/mol. The minimum Gasteiger partial charge on any atom is -0.165 e. The van der Waals surface area contributed by atoms with Crippen LogP contribution in [0.5, 0.6) is 0 Å². The van der Waals surface area contributed by atoms with E-state index in [2.05, 4.69) is 40.3 Å². The molecule has 0 amide bonds. The van der Waals surface area contributed by atoms with E-state index < -0.39 is 0 Å². The Morgan fingerprint density at radius 3 is 2.29 bits per heavy atom. The molecule has 0 saturated carbocycles. The second-order valence-corrected chi connectivity index (χ2v) is 6.48. The van der Waals surface area contributed by atoms with Gasteiger partial charge in [0.1, 0.15) is 0 Å². The fraction of sp³-hybridized carbons (Fsp3) is 1.00. The number of hydrogen-bond donors (Lipinski definition) is 1. The summed E-state index contributed by atoms with van der Waals surface area (Å²) < 4.78 is 0.541. The SMILES string of the molecule is CCCC(C)C(S)SCCC(C)CC. The Kier molecular flexibility index (Phi) is 9.41. The van der Waals surface area contributed by atoms with E-state index in [0.29, 0.717) is 4.58 Å².